The molecule has 0 saturated heterocycles. The predicted molar refractivity (Wildman–Crippen MR) is 87.4 cm³/mol. The van der Waals surface area contributed by atoms with Gasteiger partial charge in [-0.2, -0.15) is 13.2 Å². The van der Waals surface area contributed by atoms with E-state index in [4.69, 9.17) is 0 Å². The van der Waals surface area contributed by atoms with Crippen molar-refractivity contribution in [2.24, 2.45) is 0 Å². The fourth-order valence-electron chi connectivity index (χ4n) is 1.89. The lowest BCUT2D eigenvalue weighted by Gasteiger charge is -2.10. The second kappa shape index (κ2) is 7.04. The van der Waals surface area contributed by atoms with Crippen LogP contribution in [0.5, 0.6) is 0 Å². The summed E-state index contributed by atoms with van der Waals surface area (Å²) in [5.74, 6) is -0.286. The fraction of sp³-hybridized carbons (Fsp3) is 0.188. The summed E-state index contributed by atoms with van der Waals surface area (Å²) in [5, 5.41) is 5.49. The third-order valence-corrected chi connectivity index (χ3v) is 4.00. The number of benzene rings is 2. The Morgan fingerprint density at radius 1 is 1.09 bits per heavy atom. The molecule has 0 aliphatic rings. The molecule has 23 heavy (non-hydrogen) atoms. The molecule has 0 aliphatic carbocycles. The van der Waals surface area contributed by atoms with Crippen LogP contribution in [0.1, 0.15) is 11.1 Å². The summed E-state index contributed by atoms with van der Waals surface area (Å²) in [4.78, 5) is 11.8. The second-order valence-electron chi connectivity index (χ2n) is 4.94. The van der Waals surface area contributed by atoms with Gasteiger partial charge in [0.1, 0.15) is 0 Å². The molecule has 0 saturated carbocycles. The average Bonchev–Trinajstić information content (AvgIpc) is 2.48. The summed E-state index contributed by atoms with van der Waals surface area (Å²) in [6, 6.07) is 9.93. The number of rotatable bonds is 4. The van der Waals surface area contributed by atoms with Gasteiger partial charge in [0, 0.05) is 15.8 Å². The molecule has 2 aromatic carbocycles. The monoisotopic (exact) mass is 386 g/mol. The summed E-state index contributed by atoms with van der Waals surface area (Å²) in [7, 11) is 0. The van der Waals surface area contributed by atoms with E-state index in [0.717, 1.165) is 22.2 Å². The third-order valence-electron chi connectivity index (χ3n) is 3.11. The van der Waals surface area contributed by atoms with E-state index in [1.54, 1.807) is 6.07 Å². The highest BCUT2D eigenvalue weighted by molar-refractivity contribution is 9.10. The molecule has 0 heterocycles. The van der Waals surface area contributed by atoms with Crippen LogP contribution in [0.2, 0.25) is 0 Å². The van der Waals surface area contributed by atoms with Gasteiger partial charge < -0.3 is 10.6 Å². The highest BCUT2D eigenvalue weighted by atomic mass is 79.9. The zero-order valence-corrected chi connectivity index (χ0v) is 13.8. The molecule has 0 aliphatic heterocycles. The van der Waals surface area contributed by atoms with Crippen molar-refractivity contribution in [3.8, 4) is 0 Å². The summed E-state index contributed by atoms with van der Waals surface area (Å²) in [6.07, 6.45) is -4.37. The van der Waals surface area contributed by atoms with Gasteiger partial charge in [-0.05, 0) is 55.0 Å². The minimum Gasteiger partial charge on any atom is -0.376 e. The quantitative estimate of drug-likeness (QED) is 0.790. The molecule has 0 aromatic heterocycles. The van der Waals surface area contributed by atoms with Gasteiger partial charge >= 0.3 is 6.18 Å². The van der Waals surface area contributed by atoms with Crippen molar-refractivity contribution in [2.75, 3.05) is 17.2 Å². The standard InChI is InChI=1S/C16H14BrF3N2O/c1-10-8-13(6-7-14(10)17)22-15(23)9-21-12-4-2-11(3-5-12)16(18,19)20/h2-8,21H,9H2,1H3,(H,22,23). The second-order valence-corrected chi connectivity index (χ2v) is 5.80. The Hall–Kier alpha value is -2.02. The van der Waals surface area contributed by atoms with Crippen LogP contribution in [-0.2, 0) is 11.0 Å². The van der Waals surface area contributed by atoms with Gasteiger partial charge in [-0.3, -0.25) is 4.79 Å². The molecule has 1 amide bonds. The first-order valence-corrected chi connectivity index (χ1v) is 7.52. The number of alkyl halides is 3. The van der Waals surface area contributed by atoms with Crippen LogP contribution < -0.4 is 10.6 Å². The van der Waals surface area contributed by atoms with Crippen molar-refractivity contribution in [3.05, 3.63) is 58.1 Å². The molecule has 7 heteroatoms. The van der Waals surface area contributed by atoms with Gasteiger partial charge in [0.25, 0.3) is 0 Å². The van der Waals surface area contributed by atoms with Crippen molar-refractivity contribution in [2.45, 2.75) is 13.1 Å². The number of carbonyl (C=O) groups excluding carboxylic acids is 1. The Morgan fingerprint density at radius 2 is 1.70 bits per heavy atom. The lowest BCUT2D eigenvalue weighted by atomic mass is 10.2. The molecule has 2 aromatic rings. The summed E-state index contributed by atoms with van der Waals surface area (Å²) in [5.41, 5.74) is 1.36. The van der Waals surface area contributed by atoms with Crippen LogP contribution in [0.15, 0.2) is 46.9 Å². The van der Waals surface area contributed by atoms with Gasteiger partial charge in [0.15, 0.2) is 0 Å². The Balaban J connectivity index is 1.90. The normalized spacial score (nSPS) is 11.2. The minimum atomic E-state index is -4.37. The van der Waals surface area contributed by atoms with Gasteiger partial charge in [0.05, 0.1) is 12.1 Å². The van der Waals surface area contributed by atoms with Crippen LogP contribution in [0, 0.1) is 6.92 Å². The van der Waals surface area contributed by atoms with Crippen molar-refractivity contribution < 1.29 is 18.0 Å². The van der Waals surface area contributed by atoms with Crippen molar-refractivity contribution in [3.63, 3.8) is 0 Å². The number of amides is 1. The van der Waals surface area contributed by atoms with Crippen molar-refractivity contribution in [1.82, 2.24) is 0 Å². The number of halogens is 4. The summed E-state index contributed by atoms with van der Waals surface area (Å²) in [6.45, 7) is 1.86. The van der Waals surface area contributed by atoms with Crippen LogP contribution >= 0.6 is 15.9 Å². The third kappa shape index (κ3) is 4.99. The SMILES string of the molecule is Cc1cc(NC(=O)CNc2ccc(C(F)(F)F)cc2)ccc1Br. The minimum absolute atomic E-state index is 0.0412. The highest BCUT2D eigenvalue weighted by Gasteiger charge is 2.29. The maximum absolute atomic E-state index is 12.4. The topological polar surface area (TPSA) is 41.1 Å². The van der Waals surface area contributed by atoms with E-state index < -0.39 is 11.7 Å². The van der Waals surface area contributed by atoms with Gasteiger partial charge in [-0.15, -0.1) is 0 Å². The number of hydrogen-bond donors (Lipinski definition) is 2. The van der Waals surface area contributed by atoms with Gasteiger partial charge in [-0.1, -0.05) is 15.9 Å². The van der Waals surface area contributed by atoms with E-state index in [2.05, 4.69) is 26.6 Å². The fourth-order valence-corrected chi connectivity index (χ4v) is 2.13. The number of nitrogens with one attached hydrogen (secondary N) is 2. The predicted octanol–water partition coefficient (Wildman–Crippen LogP) is 4.83. The number of carbonyl (C=O) groups is 1. The maximum Gasteiger partial charge on any atom is 0.416 e. The summed E-state index contributed by atoms with van der Waals surface area (Å²) < 4.78 is 38.3. The average molecular weight is 387 g/mol. The molecule has 0 bridgehead atoms. The van der Waals surface area contributed by atoms with E-state index in [0.29, 0.717) is 11.4 Å². The first-order valence-electron chi connectivity index (χ1n) is 6.73. The Kier molecular flexibility index (Phi) is 5.30. The lowest BCUT2D eigenvalue weighted by Crippen LogP contribution is -2.21. The molecule has 0 unspecified atom stereocenters. The van der Waals surface area contributed by atoms with E-state index in [9.17, 15) is 18.0 Å². The first kappa shape index (κ1) is 17.3. The van der Waals surface area contributed by atoms with Crippen LogP contribution in [0.25, 0.3) is 0 Å². The van der Waals surface area contributed by atoms with E-state index in [1.807, 2.05) is 19.1 Å². The van der Waals surface area contributed by atoms with E-state index >= 15 is 0 Å². The maximum atomic E-state index is 12.4. The molecular formula is C16H14BrF3N2O. The highest BCUT2D eigenvalue weighted by Crippen LogP contribution is 2.29. The van der Waals surface area contributed by atoms with Crippen LogP contribution in [-0.4, -0.2) is 12.5 Å². The molecule has 122 valence electrons. The van der Waals surface area contributed by atoms with E-state index in [-0.39, 0.29) is 12.5 Å². The van der Waals surface area contributed by atoms with Gasteiger partial charge in [-0.25, -0.2) is 0 Å². The smallest absolute Gasteiger partial charge is 0.376 e. The first-order chi connectivity index (χ1) is 10.8. The zero-order chi connectivity index (χ0) is 17.0. The van der Waals surface area contributed by atoms with Crippen LogP contribution in [0.3, 0.4) is 0 Å². The largest absolute Gasteiger partial charge is 0.416 e. The van der Waals surface area contributed by atoms with Crippen molar-refractivity contribution in [1.29, 1.82) is 0 Å². The zero-order valence-electron chi connectivity index (χ0n) is 12.2. The van der Waals surface area contributed by atoms with Crippen LogP contribution in [0.4, 0.5) is 24.5 Å². The van der Waals surface area contributed by atoms with Crippen molar-refractivity contribution >= 4 is 33.2 Å². The Morgan fingerprint density at radius 3 is 2.26 bits per heavy atom. The lowest BCUT2D eigenvalue weighted by molar-refractivity contribution is -0.137. The number of aryl methyl sites for hydroxylation is 1. The Labute approximate surface area is 140 Å². The van der Waals surface area contributed by atoms with E-state index in [1.165, 1.54) is 12.1 Å². The molecule has 0 atom stereocenters. The number of hydrogen-bond acceptors (Lipinski definition) is 2. The molecule has 2 rings (SSSR count). The van der Waals surface area contributed by atoms with Gasteiger partial charge in [0.2, 0.25) is 5.91 Å². The molecule has 0 fully saturated rings. The number of anilines is 2. The molecule has 3 nitrogen and oxygen atoms in total. The molecule has 0 spiro atoms. The molecular weight excluding hydrogens is 373 g/mol. The molecule has 0 radical (unpaired) electrons. The Bertz CT molecular complexity index is 699. The molecule has 2 N–H and O–H groups in total. The summed E-state index contributed by atoms with van der Waals surface area (Å²) >= 11 is 3.37.